The third kappa shape index (κ3) is 7.65. The van der Waals surface area contributed by atoms with E-state index in [-0.39, 0.29) is 5.91 Å². The average Bonchev–Trinajstić information content (AvgIpc) is 3.40. The third-order valence-corrected chi connectivity index (χ3v) is 8.25. The van der Waals surface area contributed by atoms with Crippen LogP contribution in [0, 0.1) is 25.7 Å². The molecule has 0 spiro atoms. The molecule has 0 N–H and O–H groups in total. The second-order valence-corrected chi connectivity index (χ2v) is 11.3. The zero-order valence-electron chi connectivity index (χ0n) is 21.4. The molecule has 2 aromatic rings. The summed E-state index contributed by atoms with van der Waals surface area (Å²) in [5, 5.41) is 4.28. The first-order chi connectivity index (χ1) is 17.2. The smallest absolute Gasteiger partial charge is 0.278 e. The van der Waals surface area contributed by atoms with Crippen molar-refractivity contribution in [1.82, 2.24) is 15.0 Å². The maximum absolute atomic E-state index is 13.1. The highest BCUT2D eigenvalue weighted by molar-refractivity contribution is 7.13. The summed E-state index contributed by atoms with van der Waals surface area (Å²) in [6, 6.07) is 0. The second-order valence-electron chi connectivity index (χ2n) is 10.3. The fraction of sp³-hybridized carbons (Fsp3) is 0.692. The molecule has 3 heterocycles. The zero-order valence-corrected chi connectivity index (χ0v) is 22.2. The summed E-state index contributed by atoms with van der Waals surface area (Å²) in [7, 11) is 0. The first-order valence-corrected chi connectivity index (χ1v) is 13.7. The summed E-state index contributed by atoms with van der Waals surface area (Å²) in [6.45, 7) is 6.73. The molecule has 0 atom stereocenters. The molecule has 0 radical (unpaired) electrons. The van der Waals surface area contributed by atoms with E-state index in [1.807, 2.05) is 20.1 Å². The molecule has 0 bridgehead atoms. The number of ether oxygens (including phenoxy) is 1. The summed E-state index contributed by atoms with van der Waals surface area (Å²) in [5.41, 5.74) is 2.82. The molecule has 1 aliphatic carbocycles. The number of aliphatic imine (C=N–C) groups is 1. The Morgan fingerprint density at radius 1 is 1.31 bits per heavy atom. The number of hydrogen-bond donors (Lipinski definition) is 0. The second kappa shape index (κ2) is 11.9. The Morgan fingerprint density at radius 2 is 2.08 bits per heavy atom. The lowest BCUT2D eigenvalue weighted by molar-refractivity contribution is -0.117. The lowest BCUT2D eigenvalue weighted by atomic mass is 9.81. The van der Waals surface area contributed by atoms with Gasteiger partial charge in [-0.05, 0) is 77.2 Å². The number of aryl methyl sites for hydroxylation is 2. The SMILES string of the molecule is Cc1noc(C)c1CCC(=O)N=CC1CCC(CCN2CCc3sc(OCC(C)(F)F)nc3C2)CC1. The van der Waals surface area contributed by atoms with Crippen LogP contribution in [0.3, 0.4) is 0 Å². The van der Waals surface area contributed by atoms with Crippen LogP contribution in [0.5, 0.6) is 5.19 Å². The van der Waals surface area contributed by atoms with E-state index in [1.165, 1.54) is 11.3 Å². The number of aromatic nitrogens is 2. The summed E-state index contributed by atoms with van der Waals surface area (Å²) < 4.78 is 36.5. The molecule has 198 valence electrons. The molecule has 1 fully saturated rings. The first-order valence-electron chi connectivity index (χ1n) is 12.9. The van der Waals surface area contributed by atoms with E-state index in [1.54, 1.807) is 0 Å². The lowest BCUT2D eigenvalue weighted by Gasteiger charge is -2.30. The number of rotatable bonds is 10. The van der Waals surface area contributed by atoms with Crippen molar-refractivity contribution in [2.45, 2.75) is 84.6 Å². The minimum Gasteiger partial charge on any atom is -0.464 e. The highest BCUT2D eigenvalue weighted by atomic mass is 32.1. The predicted octanol–water partition coefficient (Wildman–Crippen LogP) is 5.57. The van der Waals surface area contributed by atoms with E-state index in [4.69, 9.17) is 9.26 Å². The van der Waals surface area contributed by atoms with Crippen molar-refractivity contribution in [3.05, 3.63) is 27.6 Å². The molecule has 2 aromatic heterocycles. The first kappa shape index (κ1) is 26.9. The summed E-state index contributed by atoms with van der Waals surface area (Å²) in [6.07, 6.45) is 9.36. The maximum atomic E-state index is 13.1. The number of carbonyl (C=O) groups excluding carboxylic acids is 1. The van der Waals surface area contributed by atoms with Gasteiger partial charge < -0.3 is 9.26 Å². The highest BCUT2D eigenvalue weighted by Gasteiger charge is 2.26. The predicted molar refractivity (Wildman–Crippen MR) is 135 cm³/mol. The molecule has 0 saturated heterocycles. The Balaban J connectivity index is 1.14. The number of hydrogen-bond acceptors (Lipinski definition) is 7. The van der Waals surface area contributed by atoms with Crippen molar-refractivity contribution in [1.29, 1.82) is 0 Å². The van der Waals surface area contributed by atoms with E-state index in [0.717, 1.165) is 92.7 Å². The van der Waals surface area contributed by atoms with Crippen LogP contribution in [0.2, 0.25) is 0 Å². The van der Waals surface area contributed by atoms with Crippen molar-refractivity contribution < 1.29 is 22.8 Å². The van der Waals surface area contributed by atoms with Crippen molar-refractivity contribution in [2.75, 3.05) is 19.7 Å². The van der Waals surface area contributed by atoms with E-state index in [0.29, 0.717) is 29.9 Å². The molecule has 1 amide bonds. The minimum atomic E-state index is -2.85. The van der Waals surface area contributed by atoms with E-state index < -0.39 is 12.5 Å². The van der Waals surface area contributed by atoms with Gasteiger partial charge in [-0.2, -0.15) is 0 Å². The highest BCUT2D eigenvalue weighted by Crippen LogP contribution is 2.33. The molecule has 10 heteroatoms. The van der Waals surface area contributed by atoms with Crippen molar-refractivity contribution in [3.63, 3.8) is 0 Å². The van der Waals surface area contributed by atoms with Gasteiger partial charge in [0.05, 0.1) is 11.4 Å². The van der Waals surface area contributed by atoms with Crippen LogP contribution >= 0.6 is 11.3 Å². The van der Waals surface area contributed by atoms with Gasteiger partial charge in [0.25, 0.3) is 11.1 Å². The van der Waals surface area contributed by atoms with Gasteiger partial charge in [0.15, 0.2) is 6.61 Å². The van der Waals surface area contributed by atoms with Crippen LogP contribution in [0.15, 0.2) is 9.52 Å². The molecule has 7 nitrogen and oxygen atoms in total. The summed E-state index contributed by atoms with van der Waals surface area (Å²) in [4.78, 5) is 24.4. The van der Waals surface area contributed by atoms with Gasteiger partial charge in [-0.25, -0.2) is 18.8 Å². The monoisotopic (exact) mass is 522 g/mol. The largest absolute Gasteiger partial charge is 0.464 e. The number of halogens is 2. The number of carbonyl (C=O) groups is 1. The van der Waals surface area contributed by atoms with Gasteiger partial charge >= 0.3 is 0 Å². The molecule has 0 unspecified atom stereocenters. The molecular weight excluding hydrogens is 486 g/mol. The lowest BCUT2D eigenvalue weighted by Crippen LogP contribution is -2.32. The van der Waals surface area contributed by atoms with E-state index in [9.17, 15) is 13.6 Å². The number of fused-ring (bicyclic) bond motifs is 1. The zero-order chi connectivity index (χ0) is 25.7. The molecular formula is C26H36F2N4O3S. The molecule has 0 aromatic carbocycles. The fourth-order valence-electron chi connectivity index (χ4n) is 5.01. The van der Waals surface area contributed by atoms with Crippen LogP contribution < -0.4 is 4.74 Å². The molecule has 36 heavy (non-hydrogen) atoms. The Hall–Kier alpha value is -2.20. The minimum absolute atomic E-state index is 0.0828. The van der Waals surface area contributed by atoms with E-state index >= 15 is 0 Å². The number of amides is 1. The number of alkyl halides is 2. The van der Waals surface area contributed by atoms with Crippen LogP contribution in [-0.4, -0.2) is 52.8 Å². The van der Waals surface area contributed by atoms with Crippen molar-refractivity contribution in [3.8, 4) is 5.19 Å². The van der Waals surface area contributed by atoms with Gasteiger partial charge in [0.2, 0.25) is 5.91 Å². The normalized spacial score (nSPS) is 21.1. The van der Waals surface area contributed by atoms with E-state index in [2.05, 4.69) is 20.0 Å². The fourth-order valence-corrected chi connectivity index (χ4v) is 5.91. The standard InChI is InChI=1S/C26H36F2N4O3S/c1-17-21(18(2)35-31-17)8-9-24(33)29-14-20-6-4-19(5-7-20)10-12-32-13-11-23-22(15-32)30-25(36-23)34-16-26(3,27)28/h14,19-20H,4-13,15-16H2,1-3H3. The Bertz CT molecular complexity index is 1030. The van der Waals surface area contributed by atoms with Gasteiger partial charge in [0, 0.05) is 43.1 Å². The maximum Gasteiger partial charge on any atom is 0.278 e. The topological polar surface area (TPSA) is 80.8 Å². The Labute approximate surface area is 215 Å². The molecule has 1 saturated carbocycles. The average molecular weight is 523 g/mol. The van der Waals surface area contributed by atoms with Crippen molar-refractivity contribution in [2.24, 2.45) is 16.8 Å². The quantitative estimate of drug-likeness (QED) is 0.380. The molecule has 2 aliphatic rings. The van der Waals surface area contributed by atoms with Crippen molar-refractivity contribution >= 4 is 23.5 Å². The van der Waals surface area contributed by atoms with Gasteiger partial charge in [-0.15, -0.1) is 0 Å². The van der Waals surface area contributed by atoms with Gasteiger partial charge in [-0.3, -0.25) is 9.69 Å². The number of nitrogens with zero attached hydrogens (tertiary/aromatic N) is 4. The van der Waals surface area contributed by atoms with Crippen LogP contribution in [0.1, 0.15) is 73.0 Å². The van der Waals surface area contributed by atoms with Gasteiger partial charge in [0.1, 0.15) is 5.76 Å². The van der Waals surface area contributed by atoms with Crippen LogP contribution in [-0.2, 0) is 24.2 Å². The third-order valence-electron chi connectivity index (χ3n) is 7.18. The molecule has 1 aliphatic heterocycles. The Morgan fingerprint density at radius 3 is 2.78 bits per heavy atom. The van der Waals surface area contributed by atoms with Gasteiger partial charge in [-0.1, -0.05) is 16.5 Å². The van der Waals surface area contributed by atoms with Crippen LogP contribution in [0.4, 0.5) is 8.78 Å². The molecule has 4 rings (SSSR count). The van der Waals surface area contributed by atoms with Crippen LogP contribution in [0.25, 0.3) is 0 Å². The summed E-state index contributed by atoms with van der Waals surface area (Å²) >= 11 is 1.40. The summed E-state index contributed by atoms with van der Waals surface area (Å²) in [5.74, 6) is -1.09. The number of thiazole rings is 1. The Kier molecular flexibility index (Phi) is 8.87.